The number of benzene rings is 10. The van der Waals surface area contributed by atoms with Crippen molar-refractivity contribution in [1.29, 1.82) is 0 Å². The predicted octanol–water partition coefficient (Wildman–Crippen LogP) is 2.99. The van der Waals surface area contributed by atoms with E-state index in [1.54, 1.807) is 0 Å². The first-order valence-electron chi connectivity index (χ1n) is 36.5. The van der Waals surface area contributed by atoms with E-state index in [-0.39, 0.29) is 60.7 Å². The van der Waals surface area contributed by atoms with Crippen LogP contribution in [0.3, 0.4) is 0 Å². The average Bonchev–Trinajstić information content (AvgIpc) is 0.775. The Morgan fingerprint density at radius 3 is 0.780 bits per heavy atom. The summed E-state index contributed by atoms with van der Waals surface area (Å²) in [5, 5.41) is 355. The van der Waals surface area contributed by atoms with Gasteiger partial charge in [0.05, 0.1) is 61.6 Å². The molecule has 5 heterocycles. The van der Waals surface area contributed by atoms with Crippen LogP contribution in [0.25, 0.3) is 44.5 Å². The van der Waals surface area contributed by atoms with Crippen LogP contribution in [0, 0.1) is 0 Å². The Labute approximate surface area is 723 Å². The molecule has 15 rings (SSSR count). The number of phenolic OH excluding ortho intramolecular Hbond substituents is 30. The number of carbonyl (C=O) groups excluding carboxylic acids is 10. The summed E-state index contributed by atoms with van der Waals surface area (Å²) in [6.45, 7) is -4.22. The van der Waals surface area contributed by atoms with Gasteiger partial charge in [-0.15, -0.1) is 0 Å². The number of cyclic esters (lactones) is 7. The molecular formula is C81H54O51. The molecule has 10 aromatic carbocycles. The fourth-order valence-electron chi connectivity index (χ4n) is 15.3. The van der Waals surface area contributed by atoms with E-state index in [0.717, 1.165) is 0 Å². The molecular weight excluding hydrogens is 1790 g/mol. The van der Waals surface area contributed by atoms with Crippen LogP contribution in [0.1, 0.15) is 121 Å². The molecule has 5 aliphatic rings. The largest absolute Gasteiger partial charge is 0.504 e. The van der Waals surface area contributed by atoms with Crippen LogP contribution in [-0.2, 0) is 47.4 Å². The number of esters is 10. The molecule has 0 saturated heterocycles. The average molecular weight is 1840 g/mol. The van der Waals surface area contributed by atoms with Crippen molar-refractivity contribution in [1.82, 2.24) is 0 Å². The quantitative estimate of drug-likeness (QED) is 0.0619. The molecule has 0 amide bonds. The van der Waals surface area contributed by atoms with E-state index < -0.39 is 412 Å². The van der Waals surface area contributed by atoms with Crippen molar-refractivity contribution in [3.05, 3.63) is 127 Å². The molecule has 132 heavy (non-hydrogen) atoms. The van der Waals surface area contributed by atoms with Crippen molar-refractivity contribution in [3.63, 3.8) is 0 Å². The summed E-state index contributed by atoms with van der Waals surface area (Å²) in [5.74, 6) is -78.9. The Morgan fingerprint density at radius 2 is 0.462 bits per heavy atom. The van der Waals surface area contributed by atoms with Gasteiger partial charge in [0.1, 0.15) is 13.2 Å². The molecule has 9 atom stereocenters. The van der Waals surface area contributed by atoms with Crippen molar-refractivity contribution >= 4 is 59.7 Å². The smallest absolute Gasteiger partial charge is 0.341 e. The lowest BCUT2D eigenvalue weighted by molar-refractivity contribution is -0.185. The summed E-state index contributed by atoms with van der Waals surface area (Å²) in [6, 6.07) is 1.79. The highest BCUT2D eigenvalue weighted by atomic mass is 16.7. The summed E-state index contributed by atoms with van der Waals surface area (Å²) in [4.78, 5) is 155. The zero-order valence-electron chi connectivity index (χ0n) is 64.4. The molecule has 5 aliphatic heterocycles. The van der Waals surface area contributed by atoms with E-state index in [4.69, 9.17) is 47.4 Å². The zero-order valence-corrected chi connectivity index (χ0v) is 64.4. The van der Waals surface area contributed by atoms with Crippen molar-refractivity contribution in [2.75, 3.05) is 13.2 Å². The zero-order chi connectivity index (χ0) is 96.4. The number of hydrogen-bond acceptors (Lipinski definition) is 51. The van der Waals surface area contributed by atoms with Gasteiger partial charge in [0.25, 0.3) is 0 Å². The SMILES string of the molecule is O=C(O[C@@H]1COC(=O)c2cc(O)c(O)c(O)c2-c2c(cc(O)c(O)c2O)C(=O)O[C@H]1[C@@H]1OC(=O)c2cc(O)c(O)c(O)c2-c2c(O)c(O)c(O)c3c2C(=O)O[C@H]1[C@H]3c1c(O)c(O)c(O)c2c1C(=O)OC[C@@H](OC(=O)c1cc(O)c(O)c(O)c1)[C@H]([C@@H]1OC(=O)c3cc(O)c(O)c(O)c3-c3c(cc(O)c(O)c3O)C(=O)O[C@H]1O)OC(=O)c1cc(O)c(O)c(O)c1-2)c1cc(O)c(O)c(O)c1. The Kier molecular flexibility index (Phi) is 20.8. The molecule has 0 unspecified atom stereocenters. The van der Waals surface area contributed by atoms with Crippen molar-refractivity contribution in [2.45, 2.75) is 54.9 Å². The van der Waals surface area contributed by atoms with Crippen LogP contribution in [0.15, 0.2) is 60.7 Å². The van der Waals surface area contributed by atoms with E-state index >= 15 is 28.8 Å². The number of aromatic hydroxyl groups is 30. The number of hydrogen-bond donors (Lipinski definition) is 31. The molecule has 0 spiro atoms. The molecule has 31 N–H and O–H groups in total. The molecule has 10 aromatic rings. The molecule has 0 radical (unpaired) electrons. The Morgan fingerprint density at radius 1 is 0.227 bits per heavy atom. The predicted molar refractivity (Wildman–Crippen MR) is 409 cm³/mol. The van der Waals surface area contributed by atoms with Gasteiger partial charge in [-0.2, -0.15) is 0 Å². The minimum atomic E-state index is -3.65. The van der Waals surface area contributed by atoms with Gasteiger partial charge in [-0.05, 0) is 60.7 Å². The van der Waals surface area contributed by atoms with Gasteiger partial charge >= 0.3 is 59.7 Å². The van der Waals surface area contributed by atoms with E-state index in [2.05, 4.69) is 0 Å². The van der Waals surface area contributed by atoms with Gasteiger partial charge in [-0.3, -0.25) is 0 Å². The highest BCUT2D eigenvalue weighted by Crippen LogP contribution is 2.65. The molecule has 0 aromatic heterocycles. The molecule has 684 valence electrons. The van der Waals surface area contributed by atoms with Gasteiger partial charge in [0, 0.05) is 55.6 Å². The standard InChI is InChI=1S/C81H54O51/c82-21-1-13(2-22(83)46(21)92)71(112)125-31-11-123-73(114)15-5-25(86)48(94)54(100)33(15)34-16(6-26(87)49(95)55(34)101)74(115)127-66(31)69-68-43(42-45(80(121)129-68)40(61(107)65(111)63(42)109)38-20(76(117)130-69)10-30(91)53(99)59(38)105)41-44-39(60(106)64(110)62(41)108)37-19(9-29(90)52(98)58(37)104)75(116)128-67(32(12-124-79(44)120)126-72(113)14-3-23(84)47(93)24(85)4-14)70-81(122)132-78(119)18-8-28(89)51(97)57(103)36(18)35-17(77(118)131-70)7-27(88)50(96)56(35)102/h1-10,31-32,43,66-70,81-111,122H,11-12H2/t31-,32-,43+,66-,67-,68+,69+,70+,81-/m1/s1. The Balaban J connectivity index is 1.04. The summed E-state index contributed by atoms with van der Waals surface area (Å²) < 4.78 is 57.1. The van der Waals surface area contributed by atoms with Gasteiger partial charge in [-0.25, -0.2) is 47.9 Å². The number of rotatable bonds is 7. The number of fused-ring (bicyclic) bond motifs is 13. The molecule has 2 bridgehead atoms. The fourth-order valence-corrected chi connectivity index (χ4v) is 15.3. The lowest BCUT2D eigenvalue weighted by Gasteiger charge is -2.43. The molecule has 51 heteroatoms. The van der Waals surface area contributed by atoms with Crippen LogP contribution in [0.5, 0.6) is 172 Å². The lowest BCUT2D eigenvalue weighted by Crippen LogP contribution is -2.56. The lowest BCUT2D eigenvalue weighted by atomic mass is 9.72. The first-order chi connectivity index (χ1) is 62.0. The van der Waals surface area contributed by atoms with Crippen LogP contribution < -0.4 is 0 Å². The third-order valence-electron chi connectivity index (χ3n) is 21.4. The summed E-state index contributed by atoms with van der Waals surface area (Å²) >= 11 is 0. The van der Waals surface area contributed by atoms with Crippen LogP contribution in [0.4, 0.5) is 0 Å². The van der Waals surface area contributed by atoms with Crippen LogP contribution >= 0.6 is 0 Å². The minimum Gasteiger partial charge on any atom is -0.504 e. The van der Waals surface area contributed by atoms with Crippen molar-refractivity contribution in [3.8, 4) is 217 Å². The van der Waals surface area contributed by atoms with E-state index in [1.807, 2.05) is 0 Å². The van der Waals surface area contributed by atoms with Gasteiger partial charge < -0.3 is 206 Å². The highest BCUT2D eigenvalue weighted by molar-refractivity contribution is 6.15. The van der Waals surface area contributed by atoms with Crippen LogP contribution in [-0.4, -0.2) is 280 Å². The number of aliphatic hydroxyl groups excluding tert-OH is 1. The maximum Gasteiger partial charge on any atom is 0.341 e. The summed E-state index contributed by atoms with van der Waals surface area (Å²) in [7, 11) is 0. The molecule has 51 nitrogen and oxygen atoms in total. The maximum absolute atomic E-state index is 16.7. The van der Waals surface area contributed by atoms with Gasteiger partial charge in [-0.1, -0.05) is 0 Å². The van der Waals surface area contributed by atoms with Crippen LogP contribution in [0.2, 0.25) is 0 Å². The summed E-state index contributed by atoms with van der Waals surface area (Å²) in [5.41, 5.74) is -32.2. The number of aliphatic hydroxyl groups is 1. The molecule has 0 aliphatic carbocycles. The number of carbonyl (C=O) groups is 10. The third kappa shape index (κ3) is 13.5. The normalized spacial score (nSPS) is 19.3. The Bertz CT molecular complexity index is 6870. The monoisotopic (exact) mass is 1840 g/mol. The fraction of sp³-hybridized carbons (Fsp3) is 0.136. The summed E-state index contributed by atoms with van der Waals surface area (Å²) in [6.07, 6.45) is -27.6. The Hall–Kier alpha value is -19.1. The van der Waals surface area contributed by atoms with E-state index in [1.165, 1.54) is 0 Å². The first kappa shape index (κ1) is 87.7. The second kappa shape index (κ2) is 31.2. The second-order valence-electron chi connectivity index (χ2n) is 28.9. The topological polar surface area (TPSA) is 890 Å². The third-order valence-corrected chi connectivity index (χ3v) is 21.4. The molecule has 0 fully saturated rings. The van der Waals surface area contributed by atoms with Gasteiger partial charge in [0.15, 0.2) is 163 Å². The highest BCUT2D eigenvalue weighted by Gasteiger charge is 2.59. The van der Waals surface area contributed by atoms with E-state index in [0.29, 0.717) is 0 Å². The number of ether oxygens (including phenoxy) is 10. The van der Waals surface area contributed by atoms with Gasteiger partial charge in [0.2, 0.25) is 58.4 Å². The minimum absolute atomic E-state index is 0.0638. The van der Waals surface area contributed by atoms with Crippen molar-refractivity contribution < 1.29 is 254 Å². The second-order valence-corrected chi connectivity index (χ2v) is 28.9. The maximum atomic E-state index is 16.7. The van der Waals surface area contributed by atoms with E-state index in [9.17, 15) is 177 Å². The number of phenols is 30. The first-order valence-corrected chi connectivity index (χ1v) is 36.5. The molecule has 0 saturated carbocycles. The van der Waals surface area contributed by atoms with Crippen molar-refractivity contribution in [2.24, 2.45) is 0 Å².